The van der Waals surface area contributed by atoms with E-state index in [1.165, 1.54) is 7.11 Å². The van der Waals surface area contributed by atoms with Gasteiger partial charge >= 0.3 is 0 Å². The average Bonchev–Trinajstić information content (AvgIpc) is 2.99. The van der Waals surface area contributed by atoms with Gasteiger partial charge in [-0.3, -0.25) is 9.78 Å². The molecule has 1 aromatic carbocycles. The number of amides is 1. The van der Waals surface area contributed by atoms with Crippen LogP contribution < -0.4 is 10.1 Å². The third-order valence-corrected chi connectivity index (χ3v) is 4.89. The van der Waals surface area contributed by atoms with Gasteiger partial charge in [-0.15, -0.1) is 0 Å². The maximum absolute atomic E-state index is 14.3. The van der Waals surface area contributed by atoms with Crippen LogP contribution in [-0.4, -0.2) is 36.0 Å². The average molecular weight is 357 g/mol. The van der Waals surface area contributed by atoms with Crippen LogP contribution in [0.25, 0.3) is 0 Å². The highest BCUT2D eigenvalue weighted by atomic mass is 19.1. The number of carbonyl (C=O) groups excluding carboxylic acids is 1. The predicted octanol–water partition coefficient (Wildman–Crippen LogP) is 2.93. The Kier molecular flexibility index (Phi) is 5.83. The molecule has 0 bridgehead atoms. The number of carbonyl (C=O) groups is 1. The summed E-state index contributed by atoms with van der Waals surface area (Å²) < 4.78 is 19.3. The normalized spacial score (nSPS) is 19.8. The molecule has 1 aliphatic rings. The molecule has 0 spiro atoms. The summed E-state index contributed by atoms with van der Waals surface area (Å²) >= 11 is 0. The lowest BCUT2D eigenvalue weighted by Gasteiger charge is -2.27. The smallest absolute Gasteiger partial charge is 0.223 e. The summed E-state index contributed by atoms with van der Waals surface area (Å²) in [6.45, 7) is 3.67. The number of hydrogen-bond donors (Lipinski definition) is 1. The van der Waals surface area contributed by atoms with Crippen LogP contribution in [0.3, 0.4) is 0 Å². The molecule has 1 N–H and O–H groups in total. The van der Waals surface area contributed by atoms with Crippen LogP contribution in [0.5, 0.6) is 5.75 Å². The first-order valence-electron chi connectivity index (χ1n) is 8.87. The molecular weight excluding hydrogens is 333 g/mol. The molecule has 0 aliphatic carbocycles. The van der Waals surface area contributed by atoms with Crippen molar-refractivity contribution in [1.29, 1.82) is 0 Å². The van der Waals surface area contributed by atoms with Gasteiger partial charge < -0.3 is 15.0 Å². The van der Waals surface area contributed by atoms with Crippen LogP contribution in [0.15, 0.2) is 42.7 Å². The first-order chi connectivity index (χ1) is 12.7. The Labute approximate surface area is 153 Å². The van der Waals surface area contributed by atoms with E-state index in [0.717, 1.165) is 5.56 Å². The predicted molar refractivity (Wildman–Crippen MR) is 97.1 cm³/mol. The van der Waals surface area contributed by atoms with E-state index in [1.807, 2.05) is 30.2 Å². The van der Waals surface area contributed by atoms with Crippen LogP contribution >= 0.6 is 0 Å². The summed E-state index contributed by atoms with van der Waals surface area (Å²) in [5.41, 5.74) is 1.60. The molecule has 1 amide bonds. The molecular formula is C20H24FN3O2. The molecule has 1 fully saturated rings. The number of hydrogen-bond acceptors (Lipinski definition) is 4. The monoisotopic (exact) mass is 357 g/mol. The number of pyridine rings is 1. The zero-order valence-corrected chi connectivity index (χ0v) is 15.1. The number of likely N-dealkylation sites (tertiary alicyclic amines) is 1. The van der Waals surface area contributed by atoms with Crippen LogP contribution in [0.4, 0.5) is 4.39 Å². The molecule has 0 saturated carbocycles. The second-order valence-corrected chi connectivity index (χ2v) is 6.44. The highest BCUT2D eigenvalue weighted by molar-refractivity contribution is 5.79. The minimum Gasteiger partial charge on any atom is -0.494 e. The molecule has 1 aliphatic heterocycles. The Balaban J connectivity index is 1.69. The molecule has 2 aromatic rings. The minimum absolute atomic E-state index is 0.00357. The number of nitrogens with one attached hydrogen (secondary N) is 1. The van der Waals surface area contributed by atoms with Crippen molar-refractivity contribution in [2.45, 2.75) is 25.9 Å². The van der Waals surface area contributed by atoms with Crippen molar-refractivity contribution >= 4 is 5.91 Å². The van der Waals surface area contributed by atoms with Gasteiger partial charge in [0.25, 0.3) is 0 Å². The standard InChI is InChI=1S/C20H24FN3O2/c1-3-24-18(25)10-16(20(24)15-7-5-9-22-12-15)13-23-11-14-6-4-8-17(26-2)19(14)21/h4-9,12,16,20,23H,3,10-11,13H2,1-2H3/t16-,20-/m0/s1. The Hall–Kier alpha value is -2.47. The van der Waals surface area contributed by atoms with Gasteiger partial charge in [-0.05, 0) is 24.6 Å². The van der Waals surface area contributed by atoms with Crippen molar-refractivity contribution in [1.82, 2.24) is 15.2 Å². The number of rotatable bonds is 7. The zero-order valence-electron chi connectivity index (χ0n) is 15.1. The summed E-state index contributed by atoms with van der Waals surface area (Å²) in [4.78, 5) is 18.5. The Morgan fingerprint density at radius 1 is 1.35 bits per heavy atom. The summed E-state index contributed by atoms with van der Waals surface area (Å²) in [7, 11) is 1.46. The molecule has 5 nitrogen and oxygen atoms in total. The van der Waals surface area contributed by atoms with Gasteiger partial charge in [0.1, 0.15) is 0 Å². The number of aromatic nitrogens is 1. The van der Waals surface area contributed by atoms with Crippen LogP contribution in [0, 0.1) is 11.7 Å². The van der Waals surface area contributed by atoms with Gasteiger partial charge in [-0.1, -0.05) is 18.2 Å². The first kappa shape index (κ1) is 18.3. The van der Waals surface area contributed by atoms with E-state index in [4.69, 9.17) is 4.74 Å². The number of nitrogens with zero attached hydrogens (tertiary/aromatic N) is 2. The van der Waals surface area contributed by atoms with Crippen LogP contribution in [-0.2, 0) is 11.3 Å². The first-order valence-corrected chi connectivity index (χ1v) is 8.87. The fourth-order valence-corrected chi connectivity index (χ4v) is 3.67. The number of methoxy groups -OCH3 is 1. The molecule has 3 rings (SSSR count). The van der Waals surface area contributed by atoms with E-state index in [2.05, 4.69) is 10.3 Å². The number of halogens is 1. The molecule has 0 unspecified atom stereocenters. The molecule has 6 heteroatoms. The van der Waals surface area contributed by atoms with E-state index >= 15 is 0 Å². The zero-order chi connectivity index (χ0) is 18.5. The fraction of sp³-hybridized carbons (Fsp3) is 0.400. The quantitative estimate of drug-likeness (QED) is 0.828. The Morgan fingerprint density at radius 3 is 2.88 bits per heavy atom. The van der Waals surface area contributed by atoms with Crippen LogP contribution in [0.1, 0.15) is 30.5 Å². The van der Waals surface area contributed by atoms with Crippen molar-refractivity contribution in [3.63, 3.8) is 0 Å². The molecule has 2 atom stereocenters. The largest absolute Gasteiger partial charge is 0.494 e. The third-order valence-electron chi connectivity index (χ3n) is 4.89. The molecule has 26 heavy (non-hydrogen) atoms. The van der Waals surface area contributed by atoms with Crippen LogP contribution in [0.2, 0.25) is 0 Å². The molecule has 138 valence electrons. The van der Waals surface area contributed by atoms with Gasteiger partial charge in [0, 0.05) is 49.9 Å². The second-order valence-electron chi connectivity index (χ2n) is 6.44. The fourth-order valence-electron chi connectivity index (χ4n) is 3.67. The SMILES string of the molecule is CCN1C(=O)C[C@@H](CNCc2cccc(OC)c2F)[C@@H]1c1cccnc1. The van der Waals surface area contributed by atoms with Gasteiger partial charge in [-0.25, -0.2) is 4.39 Å². The highest BCUT2D eigenvalue weighted by Gasteiger charge is 2.39. The van der Waals surface area contributed by atoms with E-state index in [1.54, 1.807) is 24.4 Å². The van der Waals surface area contributed by atoms with E-state index < -0.39 is 0 Å². The number of ether oxygens (including phenoxy) is 1. The lowest BCUT2D eigenvalue weighted by atomic mass is 9.94. The topological polar surface area (TPSA) is 54.5 Å². The summed E-state index contributed by atoms with van der Waals surface area (Å²) in [5.74, 6) is 0.177. The summed E-state index contributed by atoms with van der Waals surface area (Å²) in [5, 5.41) is 3.31. The van der Waals surface area contributed by atoms with Crippen molar-refractivity contribution in [3.05, 3.63) is 59.7 Å². The molecule has 2 heterocycles. The summed E-state index contributed by atoms with van der Waals surface area (Å²) in [6.07, 6.45) is 4.04. The number of benzene rings is 1. The highest BCUT2D eigenvalue weighted by Crippen LogP contribution is 2.37. The van der Waals surface area contributed by atoms with Crippen molar-refractivity contribution in [3.8, 4) is 5.75 Å². The van der Waals surface area contributed by atoms with Gasteiger partial charge in [0.05, 0.1) is 13.2 Å². The van der Waals surface area contributed by atoms with Crippen molar-refractivity contribution < 1.29 is 13.9 Å². The maximum atomic E-state index is 14.3. The van der Waals surface area contributed by atoms with Crippen molar-refractivity contribution in [2.75, 3.05) is 20.2 Å². The lowest BCUT2D eigenvalue weighted by molar-refractivity contribution is -0.128. The van der Waals surface area contributed by atoms with E-state index in [9.17, 15) is 9.18 Å². The third kappa shape index (κ3) is 3.70. The Morgan fingerprint density at radius 2 is 2.19 bits per heavy atom. The molecule has 0 radical (unpaired) electrons. The van der Waals surface area contributed by atoms with Gasteiger partial charge in [-0.2, -0.15) is 0 Å². The second kappa shape index (κ2) is 8.27. The van der Waals surface area contributed by atoms with E-state index in [-0.39, 0.29) is 29.4 Å². The van der Waals surface area contributed by atoms with E-state index in [0.29, 0.717) is 31.6 Å². The molecule has 1 aromatic heterocycles. The minimum atomic E-state index is -0.344. The maximum Gasteiger partial charge on any atom is 0.223 e. The summed E-state index contributed by atoms with van der Waals surface area (Å²) in [6, 6.07) is 9.02. The van der Waals surface area contributed by atoms with Gasteiger partial charge in [0.15, 0.2) is 11.6 Å². The molecule has 1 saturated heterocycles. The Bertz CT molecular complexity index is 754. The van der Waals surface area contributed by atoms with Gasteiger partial charge in [0.2, 0.25) is 5.91 Å². The van der Waals surface area contributed by atoms with Crippen molar-refractivity contribution in [2.24, 2.45) is 5.92 Å². The lowest BCUT2D eigenvalue weighted by Crippen LogP contribution is -2.31.